The maximum absolute atomic E-state index is 5.41. The summed E-state index contributed by atoms with van der Waals surface area (Å²) in [5.41, 5.74) is 2.16. The van der Waals surface area contributed by atoms with Gasteiger partial charge in [-0.1, -0.05) is 0 Å². The molecule has 0 fully saturated rings. The lowest BCUT2D eigenvalue weighted by Gasteiger charge is -2.19. The van der Waals surface area contributed by atoms with E-state index in [2.05, 4.69) is 15.3 Å². The molecule has 5 nitrogen and oxygen atoms in total. The van der Waals surface area contributed by atoms with Crippen molar-refractivity contribution >= 4 is 5.82 Å². The zero-order chi connectivity index (χ0) is 11.4. The van der Waals surface area contributed by atoms with Gasteiger partial charge in [0.05, 0.1) is 18.9 Å². The summed E-state index contributed by atoms with van der Waals surface area (Å²) in [5, 5.41) is 3.09. The molecule has 0 saturated carbocycles. The van der Waals surface area contributed by atoms with Crippen LogP contribution in [0.4, 0.5) is 5.82 Å². The Balaban J connectivity index is 2.28. The Labute approximate surface area is 95.2 Å². The van der Waals surface area contributed by atoms with E-state index in [1.165, 1.54) is 0 Å². The third-order valence-corrected chi connectivity index (χ3v) is 2.54. The Morgan fingerprint density at radius 3 is 3.06 bits per heavy atom. The van der Waals surface area contributed by atoms with Crippen LogP contribution in [0.1, 0.15) is 24.0 Å². The van der Waals surface area contributed by atoms with Crippen LogP contribution in [0.25, 0.3) is 0 Å². The first-order chi connectivity index (χ1) is 7.85. The van der Waals surface area contributed by atoms with Crippen LogP contribution in [0.3, 0.4) is 0 Å². The van der Waals surface area contributed by atoms with Crippen LogP contribution in [-0.2, 0) is 29.1 Å². The lowest BCUT2D eigenvalue weighted by atomic mass is 10.1. The maximum atomic E-state index is 5.41. The third-order valence-electron chi connectivity index (χ3n) is 2.54. The highest BCUT2D eigenvalue weighted by Gasteiger charge is 2.17. The average Bonchev–Trinajstić information content (AvgIpc) is 2.35. The number of fused-ring (bicyclic) bond motifs is 1. The van der Waals surface area contributed by atoms with E-state index in [1.807, 2.05) is 14.0 Å². The molecule has 0 radical (unpaired) electrons. The highest BCUT2D eigenvalue weighted by Crippen LogP contribution is 2.21. The van der Waals surface area contributed by atoms with E-state index in [4.69, 9.17) is 9.47 Å². The molecule has 1 aliphatic heterocycles. The number of rotatable bonds is 4. The van der Waals surface area contributed by atoms with Crippen molar-refractivity contribution in [2.45, 2.75) is 26.6 Å². The molecule has 0 saturated heterocycles. The Hall–Kier alpha value is -1.20. The monoisotopic (exact) mass is 223 g/mol. The lowest BCUT2D eigenvalue weighted by Crippen LogP contribution is -2.17. The van der Waals surface area contributed by atoms with Crippen LogP contribution >= 0.6 is 0 Å². The second kappa shape index (κ2) is 5.23. The molecule has 16 heavy (non-hydrogen) atoms. The number of aromatic nitrogens is 2. The fourth-order valence-corrected chi connectivity index (χ4v) is 1.75. The highest BCUT2D eigenvalue weighted by atomic mass is 16.5. The van der Waals surface area contributed by atoms with Crippen molar-refractivity contribution < 1.29 is 9.47 Å². The van der Waals surface area contributed by atoms with E-state index in [0.717, 1.165) is 35.9 Å². The van der Waals surface area contributed by atoms with Gasteiger partial charge >= 0.3 is 0 Å². The van der Waals surface area contributed by atoms with Crippen LogP contribution in [0.15, 0.2) is 0 Å². The van der Waals surface area contributed by atoms with Gasteiger partial charge in [0.1, 0.15) is 12.4 Å². The molecule has 1 aliphatic rings. The third kappa shape index (κ3) is 2.31. The van der Waals surface area contributed by atoms with Gasteiger partial charge in [0, 0.05) is 25.6 Å². The van der Waals surface area contributed by atoms with Gasteiger partial charge in [-0.3, -0.25) is 0 Å². The van der Waals surface area contributed by atoms with E-state index in [9.17, 15) is 0 Å². The average molecular weight is 223 g/mol. The molecule has 0 bridgehead atoms. The minimum absolute atomic E-state index is 0.472. The zero-order valence-corrected chi connectivity index (χ0v) is 9.75. The fraction of sp³-hybridized carbons (Fsp3) is 0.636. The summed E-state index contributed by atoms with van der Waals surface area (Å²) in [6.45, 7) is 4.45. The molecular weight excluding hydrogens is 206 g/mol. The molecule has 0 amide bonds. The van der Waals surface area contributed by atoms with Crippen LogP contribution < -0.4 is 5.32 Å². The summed E-state index contributed by atoms with van der Waals surface area (Å²) in [6.07, 6.45) is 0.853. The zero-order valence-electron chi connectivity index (χ0n) is 9.75. The smallest absolute Gasteiger partial charge is 0.156 e. The SMILES string of the molecule is CCOCc1nc2c(c(NC)n1)COCC2. The van der Waals surface area contributed by atoms with Crippen molar-refractivity contribution in [3.8, 4) is 0 Å². The topological polar surface area (TPSA) is 56.3 Å². The molecule has 1 aromatic rings. The van der Waals surface area contributed by atoms with Crippen molar-refractivity contribution in [1.29, 1.82) is 0 Å². The Bertz CT molecular complexity index is 351. The number of hydrogen-bond donors (Lipinski definition) is 1. The molecule has 0 spiro atoms. The minimum atomic E-state index is 0.472. The second-order valence-electron chi connectivity index (χ2n) is 3.60. The van der Waals surface area contributed by atoms with Gasteiger partial charge in [-0.05, 0) is 6.92 Å². The quantitative estimate of drug-likeness (QED) is 0.829. The number of nitrogens with one attached hydrogen (secondary N) is 1. The molecule has 88 valence electrons. The van der Waals surface area contributed by atoms with E-state index < -0.39 is 0 Å². The van der Waals surface area contributed by atoms with Crippen molar-refractivity contribution in [3.63, 3.8) is 0 Å². The van der Waals surface area contributed by atoms with Gasteiger partial charge in [-0.2, -0.15) is 0 Å². The van der Waals surface area contributed by atoms with Crippen LogP contribution in [0, 0.1) is 0 Å². The Kier molecular flexibility index (Phi) is 3.69. The lowest BCUT2D eigenvalue weighted by molar-refractivity contribution is 0.107. The molecule has 2 heterocycles. The first kappa shape index (κ1) is 11.3. The van der Waals surface area contributed by atoms with E-state index in [0.29, 0.717) is 19.8 Å². The van der Waals surface area contributed by atoms with Gasteiger partial charge in [0.2, 0.25) is 0 Å². The molecule has 1 aromatic heterocycles. The second-order valence-corrected chi connectivity index (χ2v) is 3.60. The number of anilines is 1. The molecule has 0 aliphatic carbocycles. The van der Waals surface area contributed by atoms with Crippen molar-refractivity contribution in [1.82, 2.24) is 9.97 Å². The Morgan fingerprint density at radius 2 is 2.31 bits per heavy atom. The van der Waals surface area contributed by atoms with E-state index in [-0.39, 0.29) is 0 Å². The molecule has 0 atom stereocenters. The van der Waals surface area contributed by atoms with Gasteiger partial charge in [-0.15, -0.1) is 0 Å². The van der Waals surface area contributed by atoms with Crippen molar-refractivity contribution in [2.24, 2.45) is 0 Å². The first-order valence-electron chi connectivity index (χ1n) is 5.57. The largest absolute Gasteiger partial charge is 0.376 e. The van der Waals surface area contributed by atoms with E-state index >= 15 is 0 Å². The predicted octanol–water partition coefficient (Wildman–Crippen LogP) is 1.13. The molecule has 5 heteroatoms. The molecule has 2 rings (SSSR count). The van der Waals surface area contributed by atoms with Gasteiger partial charge in [0.25, 0.3) is 0 Å². The molecule has 0 unspecified atom stereocenters. The first-order valence-corrected chi connectivity index (χ1v) is 5.57. The summed E-state index contributed by atoms with van der Waals surface area (Å²) in [5.74, 6) is 1.60. The number of nitrogens with zero attached hydrogens (tertiary/aromatic N) is 2. The van der Waals surface area contributed by atoms with Gasteiger partial charge in [-0.25, -0.2) is 9.97 Å². The minimum Gasteiger partial charge on any atom is -0.376 e. The Morgan fingerprint density at radius 1 is 1.44 bits per heavy atom. The number of ether oxygens (including phenoxy) is 2. The summed E-state index contributed by atoms with van der Waals surface area (Å²) in [7, 11) is 1.86. The van der Waals surface area contributed by atoms with Crippen LogP contribution in [0.5, 0.6) is 0 Å². The van der Waals surface area contributed by atoms with Crippen molar-refractivity contribution in [2.75, 3.05) is 25.6 Å². The standard InChI is InChI=1S/C11H17N3O2/c1-3-15-7-10-13-9-4-5-16-6-8(9)11(12-2)14-10/h3-7H2,1-2H3,(H,12,13,14). The van der Waals surface area contributed by atoms with E-state index in [1.54, 1.807) is 0 Å². The predicted molar refractivity (Wildman–Crippen MR) is 60.3 cm³/mol. The van der Waals surface area contributed by atoms with Gasteiger partial charge < -0.3 is 14.8 Å². The number of hydrogen-bond acceptors (Lipinski definition) is 5. The summed E-state index contributed by atoms with van der Waals surface area (Å²) >= 11 is 0. The summed E-state index contributed by atoms with van der Waals surface area (Å²) in [4.78, 5) is 8.92. The van der Waals surface area contributed by atoms with Crippen LogP contribution in [-0.4, -0.2) is 30.2 Å². The van der Waals surface area contributed by atoms with Crippen LogP contribution in [0.2, 0.25) is 0 Å². The summed E-state index contributed by atoms with van der Waals surface area (Å²) < 4.78 is 10.7. The maximum Gasteiger partial charge on any atom is 0.156 e. The van der Waals surface area contributed by atoms with Crippen molar-refractivity contribution in [3.05, 3.63) is 17.1 Å². The fourth-order valence-electron chi connectivity index (χ4n) is 1.75. The van der Waals surface area contributed by atoms with Gasteiger partial charge in [0.15, 0.2) is 5.82 Å². The molecule has 0 aromatic carbocycles. The summed E-state index contributed by atoms with van der Waals surface area (Å²) in [6, 6.07) is 0. The normalized spacial score (nSPS) is 14.6. The highest BCUT2D eigenvalue weighted by molar-refractivity contribution is 5.46. The molecular formula is C11H17N3O2. The molecule has 1 N–H and O–H groups in total.